The van der Waals surface area contributed by atoms with E-state index in [0.29, 0.717) is 6.42 Å². The molecule has 0 saturated carbocycles. The maximum absolute atomic E-state index is 11.7. The number of benzene rings is 1. The molecule has 1 aliphatic rings. The minimum atomic E-state index is 0.178. The van der Waals surface area contributed by atoms with Gasteiger partial charge in [-0.05, 0) is 31.2 Å². The van der Waals surface area contributed by atoms with Crippen LogP contribution in [0.2, 0.25) is 0 Å². The van der Waals surface area contributed by atoms with Crippen LogP contribution in [-0.2, 0) is 10.5 Å². The average molecular weight is 289 g/mol. The summed E-state index contributed by atoms with van der Waals surface area (Å²) < 4.78 is 0. The van der Waals surface area contributed by atoms with Gasteiger partial charge in [0.2, 0.25) is 5.91 Å². The minimum Gasteiger partial charge on any atom is -0.352 e. The first-order chi connectivity index (χ1) is 9.84. The third-order valence-corrected chi connectivity index (χ3v) is 4.51. The van der Waals surface area contributed by atoms with Crippen LogP contribution in [0.15, 0.2) is 42.0 Å². The molecule has 0 spiro atoms. The second kappa shape index (κ2) is 8.85. The molecule has 108 valence electrons. The molecule has 1 amide bonds. The molecule has 2 rings (SSSR count). The zero-order valence-electron chi connectivity index (χ0n) is 11.9. The van der Waals surface area contributed by atoms with Crippen molar-refractivity contribution in [2.24, 2.45) is 0 Å². The number of nitrogens with one attached hydrogen (secondary N) is 1. The van der Waals surface area contributed by atoms with Gasteiger partial charge in [0.1, 0.15) is 0 Å². The summed E-state index contributed by atoms with van der Waals surface area (Å²) in [4.78, 5) is 11.7. The summed E-state index contributed by atoms with van der Waals surface area (Å²) in [6, 6.07) is 10.4. The molecular weight excluding hydrogens is 266 g/mol. The summed E-state index contributed by atoms with van der Waals surface area (Å²) in [7, 11) is 0. The van der Waals surface area contributed by atoms with Gasteiger partial charge >= 0.3 is 0 Å². The highest BCUT2D eigenvalue weighted by Crippen LogP contribution is 2.16. The fourth-order valence-corrected chi connectivity index (χ4v) is 3.20. The first-order valence-electron chi connectivity index (χ1n) is 7.41. The standard InChI is InChI=1S/C17H23NOS/c19-17(18-13-15-7-3-1-4-8-15)11-12-20-14-16-9-5-2-6-10-16/h2,5-7,9-10H,1,3-4,8,11-14H2,(H,18,19). The minimum absolute atomic E-state index is 0.178. The molecule has 0 bridgehead atoms. The molecule has 3 heteroatoms. The molecule has 1 aliphatic carbocycles. The van der Waals surface area contributed by atoms with Gasteiger partial charge in [0, 0.05) is 24.5 Å². The lowest BCUT2D eigenvalue weighted by Gasteiger charge is -2.13. The van der Waals surface area contributed by atoms with E-state index < -0.39 is 0 Å². The van der Waals surface area contributed by atoms with Gasteiger partial charge in [0.25, 0.3) is 0 Å². The van der Waals surface area contributed by atoms with Gasteiger partial charge in [-0.15, -0.1) is 0 Å². The largest absolute Gasteiger partial charge is 0.352 e. The van der Waals surface area contributed by atoms with Crippen LogP contribution >= 0.6 is 11.8 Å². The Kier molecular flexibility index (Phi) is 6.72. The smallest absolute Gasteiger partial charge is 0.221 e. The molecule has 1 N–H and O–H groups in total. The molecule has 20 heavy (non-hydrogen) atoms. The topological polar surface area (TPSA) is 29.1 Å². The van der Waals surface area contributed by atoms with Gasteiger partial charge in [-0.25, -0.2) is 0 Å². The van der Waals surface area contributed by atoms with Crippen molar-refractivity contribution < 1.29 is 4.79 Å². The highest BCUT2D eigenvalue weighted by molar-refractivity contribution is 7.98. The Bertz CT molecular complexity index is 442. The van der Waals surface area contributed by atoms with E-state index in [4.69, 9.17) is 0 Å². The predicted octanol–water partition coefficient (Wildman–Crippen LogP) is 3.93. The van der Waals surface area contributed by atoms with Crippen molar-refractivity contribution in [2.75, 3.05) is 12.3 Å². The lowest BCUT2D eigenvalue weighted by Crippen LogP contribution is -2.26. The van der Waals surface area contributed by atoms with Crippen molar-refractivity contribution in [3.8, 4) is 0 Å². The van der Waals surface area contributed by atoms with Gasteiger partial charge < -0.3 is 5.32 Å². The van der Waals surface area contributed by atoms with Crippen LogP contribution in [0.25, 0.3) is 0 Å². The Morgan fingerprint density at radius 3 is 2.80 bits per heavy atom. The maximum Gasteiger partial charge on any atom is 0.221 e. The summed E-state index contributed by atoms with van der Waals surface area (Å²) in [6.45, 7) is 0.752. The normalized spacial score (nSPS) is 14.7. The van der Waals surface area contributed by atoms with E-state index in [9.17, 15) is 4.79 Å². The Morgan fingerprint density at radius 1 is 1.20 bits per heavy atom. The SMILES string of the molecule is O=C(CCSCc1ccccc1)NCC1=CCCCC1. The zero-order valence-corrected chi connectivity index (χ0v) is 12.8. The average Bonchev–Trinajstić information content (AvgIpc) is 2.52. The highest BCUT2D eigenvalue weighted by Gasteiger charge is 2.06. The van der Waals surface area contributed by atoms with Crippen LogP contribution in [0.4, 0.5) is 0 Å². The van der Waals surface area contributed by atoms with Crippen molar-refractivity contribution in [1.29, 1.82) is 0 Å². The van der Waals surface area contributed by atoms with E-state index >= 15 is 0 Å². The number of carbonyl (C=O) groups excluding carboxylic acids is 1. The number of thioether (sulfide) groups is 1. The second-order valence-electron chi connectivity index (χ2n) is 5.17. The Morgan fingerprint density at radius 2 is 2.05 bits per heavy atom. The van der Waals surface area contributed by atoms with Crippen molar-refractivity contribution in [3.63, 3.8) is 0 Å². The van der Waals surface area contributed by atoms with Crippen molar-refractivity contribution in [1.82, 2.24) is 5.32 Å². The lowest BCUT2D eigenvalue weighted by atomic mass is 10.00. The van der Waals surface area contributed by atoms with Gasteiger partial charge in [-0.2, -0.15) is 11.8 Å². The quantitative estimate of drug-likeness (QED) is 0.609. The van der Waals surface area contributed by atoms with Crippen LogP contribution in [0.1, 0.15) is 37.7 Å². The summed E-state index contributed by atoms with van der Waals surface area (Å²) in [5.41, 5.74) is 2.73. The van der Waals surface area contributed by atoms with Crippen LogP contribution in [-0.4, -0.2) is 18.2 Å². The first kappa shape index (κ1) is 15.2. The fraction of sp³-hybridized carbons (Fsp3) is 0.471. The van der Waals surface area contributed by atoms with E-state index in [2.05, 4.69) is 35.7 Å². The molecule has 0 aliphatic heterocycles. The second-order valence-corrected chi connectivity index (χ2v) is 6.28. The Labute approximate surface area is 126 Å². The summed E-state index contributed by atoms with van der Waals surface area (Å²) in [5, 5.41) is 3.03. The van der Waals surface area contributed by atoms with Crippen LogP contribution in [0.5, 0.6) is 0 Å². The van der Waals surface area contributed by atoms with Crippen LogP contribution < -0.4 is 5.32 Å². The predicted molar refractivity (Wildman–Crippen MR) is 86.8 cm³/mol. The molecule has 2 nitrogen and oxygen atoms in total. The van der Waals surface area contributed by atoms with E-state index in [1.807, 2.05) is 17.8 Å². The van der Waals surface area contributed by atoms with Gasteiger partial charge in [0.15, 0.2) is 0 Å². The van der Waals surface area contributed by atoms with E-state index in [1.54, 1.807) is 0 Å². The molecule has 1 aromatic rings. The van der Waals surface area contributed by atoms with Crippen LogP contribution in [0, 0.1) is 0 Å². The van der Waals surface area contributed by atoms with Crippen LogP contribution in [0.3, 0.4) is 0 Å². The monoisotopic (exact) mass is 289 g/mol. The molecule has 0 unspecified atom stereocenters. The van der Waals surface area contributed by atoms with E-state index in [-0.39, 0.29) is 5.91 Å². The van der Waals surface area contributed by atoms with Gasteiger partial charge in [0.05, 0.1) is 0 Å². The highest BCUT2D eigenvalue weighted by atomic mass is 32.2. The molecular formula is C17H23NOS. The van der Waals surface area contributed by atoms with Gasteiger partial charge in [-0.1, -0.05) is 42.0 Å². The number of carbonyl (C=O) groups is 1. The molecule has 0 saturated heterocycles. The number of rotatable bonds is 7. The fourth-order valence-electron chi connectivity index (χ4n) is 2.29. The van der Waals surface area contributed by atoms with E-state index in [1.165, 1.54) is 30.4 Å². The third-order valence-electron chi connectivity index (χ3n) is 3.48. The van der Waals surface area contributed by atoms with Crippen molar-refractivity contribution in [3.05, 3.63) is 47.5 Å². The van der Waals surface area contributed by atoms with Crippen molar-refractivity contribution in [2.45, 2.75) is 37.9 Å². The molecule has 0 radical (unpaired) electrons. The Hall–Kier alpha value is -1.22. The number of allylic oxidation sites excluding steroid dienone is 1. The molecule has 0 aromatic heterocycles. The summed E-state index contributed by atoms with van der Waals surface area (Å²) in [5.74, 6) is 2.05. The Balaban J connectivity index is 1.55. The van der Waals surface area contributed by atoms with E-state index in [0.717, 1.165) is 24.5 Å². The molecule has 0 heterocycles. The molecule has 0 fully saturated rings. The molecule has 1 aromatic carbocycles. The maximum atomic E-state index is 11.7. The third kappa shape index (κ3) is 5.83. The zero-order chi connectivity index (χ0) is 14.0. The lowest BCUT2D eigenvalue weighted by molar-refractivity contribution is -0.120. The summed E-state index contributed by atoms with van der Waals surface area (Å²) >= 11 is 1.82. The van der Waals surface area contributed by atoms with Crippen molar-refractivity contribution >= 4 is 17.7 Å². The number of amides is 1. The first-order valence-corrected chi connectivity index (χ1v) is 8.56. The number of hydrogen-bond donors (Lipinski definition) is 1. The van der Waals surface area contributed by atoms with Gasteiger partial charge in [-0.3, -0.25) is 4.79 Å². The number of hydrogen-bond acceptors (Lipinski definition) is 2. The summed E-state index contributed by atoms with van der Waals surface area (Å²) in [6.07, 6.45) is 7.81. The molecule has 0 atom stereocenters.